The summed E-state index contributed by atoms with van der Waals surface area (Å²) >= 11 is 5.95. The fourth-order valence-electron chi connectivity index (χ4n) is 3.74. The molecule has 8 nitrogen and oxygen atoms in total. The van der Waals surface area contributed by atoms with Crippen molar-refractivity contribution in [3.63, 3.8) is 0 Å². The topological polar surface area (TPSA) is 108 Å². The van der Waals surface area contributed by atoms with Crippen LogP contribution in [0.1, 0.15) is 37.0 Å². The number of halogens is 1. The van der Waals surface area contributed by atoms with Gasteiger partial charge in [-0.3, -0.25) is 4.79 Å². The number of hydrogen-bond donors (Lipinski definition) is 2. The van der Waals surface area contributed by atoms with Gasteiger partial charge in [0.1, 0.15) is 12.8 Å². The number of amides is 2. The highest BCUT2D eigenvalue weighted by atomic mass is 35.5. The average molecular weight is 469 g/mol. The first kappa shape index (κ1) is 22.8. The van der Waals surface area contributed by atoms with Crippen molar-refractivity contribution in [1.82, 2.24) is 9.78 Å². The molecule has 172 valence electrons. The summed E-state index contributed by atoms with van der Waals surface area (Å²) in [5.74, 6) is -1.06. The van der Waals surface area contributed by atoms with E-state index in [9.17, 15) is 9.59 Å². The van der Waals surface area contributed by atoms with Crippen LogP contribution in [0.5, 0.6) is 0 Å². The van der Waals surface area contributed by atoms with Gasteiger partial charge in [-0.1, -0.05) is 35.9 Å². The van der Waals surface area contributed by atoms with Crippen LogP contribution >= 0.6 is 11.6 Å². The van der Waals surface area contributed by atoms with Crippen molar-refractivity contribution in [2.45, 2.75) is 31.4 Å². The van der Waals surface area contributed by atoms with Gasteiger partial charge in [0.15, 0.2) is 0 Å². The lowest BCUT2D eigenvalue weighted by molar-refractivity contribution is -0.118. The lowest BCUT2D eigenvalue weighted by Crippen LogP contribution is -2.27. The number of hydrogen-bond acceptors (Lipinski definition) is 5. The Kier molecular flexibility index (Phi) is 7.26. The van der Waals surface area contributed by atoms with Crippen molar-refractivity contribution in [2.24, 2.45) is 5.73 Å². The number of primary amides is 1. The van der Waals surface area contributed by atoms with Gasteiger partial charge in [0.25, 0.3) is 0 Å². The molecule has 33 heavy (non-hydrogen) atoms. The predicted octanol–water partition coefficient (Wildman–Crippen LogP) is 4.72. The molecular formula is C24H25ClN4O4. The summed E-state index contributed by atoms with van der Waals surface area (Å²) in [6.45, 7) is 0.582. The van der Waals surface area contributed by atoms with E-state index in [-0.39, 0.29) is 18.7 Å². The van der Waals surface area contributed by atoms with Gasteiger partial charge in [-0.25, -0.2) is 9.48 Å². The van der Waals surface area contributed by atoms with Crippen molar-refractivity contribution >= 4 is 29.3 Å². The van der Waals surface area contributed by atoms with Crippen molar-refractivity contribution in [1.29, 1.82) is 0 Å². The highest BCUT2D eigenvalue weighted by Gasteiger charge is 2.23. The third-order valence-electron chi connectivity index (χ3n) is 5.52. The van der Waals surface area contributed by atoms with Gasteiger partial charge >= 0.3 is 6.09 Å². The van der Waals surface area contributed by atoms with Crippen LogP contribution in [0.4, 0.5) is 10.5 Å². The second kappa shape index (κ2) is 10.5. The van der Waals surface area contributed by atoms with Crippen molar-refractivity contribution < 1.29 is 19.1 Å². The van der Waals surface area contributed by atoms with Gasteiger partial charge in [0, 0.05) is 29.1 Å². The largest absolute Gasteiger partial charge is 0.449 e. The number of carbonyl (C=O) groups is 2. The lowest BCUT2D eigenvalue weighted by Gasteiger charge is -2.22. The van der Waals surface area contributed by atoms with Crippen LogP contribution in [-0.4, -0.2) is 35.0 Å². The van der Waals surface area contributed by atoms with Crippen molar-refractivity contribution in [2.75, 3.05) is 18.5 Å². The first-order valence-corrected chi connectivity index (χ1v) is 11.1. The van der Waals surface area contributed by atoms with Crippen LogP contribution < -0.4 is 11.1 Å². The molecule has 1 saturated heterocycles. The Morgan fingerprint density at radius 3 is 2.58 bits per heavy atom. The molecular weight excluding hydrogens is 444 g/mol. The van der Waals surface area contributed by atoms with Gasteiger partial charge in [0.2, 0.25) is 5.91 Å². The molecule has 1 aromatic heterocycles. The highest BCUT2D eigenvalue weighted by molar-refractivity contribution is 6.30. The van der Waals surface area contributed by atoms with E-state index in [0.29, 0.717) is 16.3 Å². The molecule has 1 aliphatic rings. The first-order chi connectivity index (χ1) is 16.0. The van der Waals surface area contributed by atoms with E-state index >= 15 is 0 Å². The van der Waals surface area contributed by atoms with Gasteiger partial charge in [-0.2, -0.15) is 5.10 Å². The quantitative estimate of drug-likeness (QED) is 0.521. The maximum Gasteiger partial charge on any atom is 0.404 e. The third kappa shape index (κ3) is 5.91. The molecule has 2 heterocycles. The van der Waals surface area contributed by atoms with Crippen LogP contribution in [0.2, 0.25) is 5.02 Å². The van der Waals surface area contributed by atoms with E-state index in [1.807, 2.05) is 41.3 Å². The fraction of sp³-hybridized carbons (Fsp3) is 0.292. The summed E-state index contributed by atoms with van der Waals surface area (Å²) in [4.78, 5) is 24.0. The first-order valence-electron chi connectivity index (χ1n) is 10.7. The van der Waals surface area contributed by atoms with E-state index in [1.54, 1.807) is 24.3 Å². The minimum atomic E-state index is -0.940. The Hall–Kier alpha value is -3.36. The van der Waals surface area contributed by atoms with Crippen molar-refractivity contribution in [3.8, 4) is 11.1 Å². The lowest BCUT2D eigenvalue weighted by atomic mass is 9.99. The Morgan fingerprint density at radius 2 is 1.91 bits per heavy atom. The van der Waals surface area contributed by atoms with Crippen LogP contribution in [0.15, 0.2) is 60.9 Å². The Balaban J connectivity index is 1.44. The summed E-state index contributed by atoms with van der Waals surface area (Å²) in [5.41, 5.74) is 8.31. The maximum absolute atomic E-state index is 12.9. The van der Waals surface area contributed by atoms with Crippen LogP contribution in [0.3, 0.4) is 0 Å². The van der Waals surface area contributed by atoms with Crippen LogP contribution in [0.25, 0.3) is 11.1 Å². The summed E-state index contributed by atoms with van der Waals surface area (Å²) in [6.07, 6.45) is 6.01. The molecule has 1 aliphatic heterocycles. The molecule has 3 aromatic rings. The standard InChI is InChI=1S/C24H25ClN4O4/c25-19-8-4-17(5-9-19)21(15-33-24(26)31)23(30)28-20-10-6-16(7-11-20)18-13-27-29(14-18)22-3-1-2-12-32-22/h4-11,13-14,21-22H,1-3,12,15H2,(H2,26,31)(H,28,30)/t21-,22?/m1/s1. The molecule has 0 bridgehead atoms. The molecule has 2 aromatic carbocycles. The zero-order chi connectivity index (χ0) is 23.2. The summed E-state index contributed by atoms with van der Waals surface area (Å²) in [5, 5.41) is 7.86. The Bertz CT molecular complexity index is 1090. The number of nitrogens with two attached hydrogens (primary N) is 1. The number of benzene rings is 2. The molecule has 0 radical (unpaired) electrons. The zero-order valence-electron chi connectivity index (χ0n) is 17.9. The minimum Gasteiger partial charge on any atom is -0.449 e. The summed E-state index contributed by atoms with van der Waals surface area (Å²) in [6, 6.07) is 14.2. The number of carbonyl (C=O) groups excluding carboxylic acids is 2. The third-order valence-corrected chi connectivity index (χ3v) is 5.77. The number of aromatic nitrogens is 2. The minimum absolute atomic E-state index is 0.0153. The van der Waals surface area contributed by atoms with Crippen LogP contribution in [0, 0.1) is 0 Å². The molecule has 3 N–H and O–H groups in total. The fourth-order valence-corrected chi connectivity index (χ4v) is 3.86. The molecule has 4 rings (SSSR count). The van der Waals surface area contributed by atoms with E-state index in [4.69, 9.17) is 26.8 Å². The van der Waals surface area contributed by atoms with E-state index in [2.05, 4.69) is 10.4 Å². The second-order valence-corrected chi connectivity index (χ2v) is 8.27. The van der Waals surface area contributed by atoms with Crippen molar-refractivity contribution in [3.05, 3.63) is 71.5 Å². The van der Waals surface area contributed by atoms with Gasteiger partial charge in [-0.05, 0) is 54.7 Å². The SMILES string of the molecule is NC(=O)OC[C@@H](C(=O)Nc1ccc(-c2cnn(C3CCCCO3)c2)cc1)c1ccc(Cl)cc1. The molecule has 9 heteroatoms. The smallest absolute Gasteiger partial charge is 0.404 e. The molecule has 2 amide bonds. The number of anilines is 1. The average Bonchev–Trinajstić information content (AvgIpc) is 3.32. The second-order valence-electron chi connectivity index (χ2n) is 7.83. The normalized spacial score (nSPS) is 16.7. The molecule has 1 unspecified atom stereocenters. The summed E-state index contributed by atoms with van der Waals surface area (Å²) in [7, 11) is 0. The van der Waals surface area contributed by atoms with Gasteiger partial charge < -0.3 is 20.5 Å². The predicted molar refractivity (Wildman–Crippen MR) is 125 cm³/mol. The van der Waals surface area contributed by atoms with E-state index in [1.165, 1.54) is 0 Å². The molecule has 0 aliphatic carbocycles. The number of nitrogens with zero attached hydrogens (tertiary/aromatic N) is 2. The molecule has 0 spiro atoms. The zero-order valence-corrected chi connectivity index (χ0v) is 18.7. The summed E-state index contributed by atoms with van der Waals surface area (Å²) < 4.78 is 12.5. The Labute approximate surface area is 196 Å². The molecule has 1 fully saturated rings. The van der Waals surface area contributed by atoms with Crippen LogP contribution in [-0.2, 0) is 14.3 Å². The Morgan fingerprint density at radius 1 is 1.15 bits per heavy atom. The van der Waals surface area contributed by atoms with Gasteiger partial charge in [0.05, 0.1) is 12.1 Å². The monoisotopic (exact) mass is 468 g/mol. The maximum atomic E-state index is 12.9. The highest BCUT2D eigenvalue weighted by Crippen LogP contribution is 2.27. The number of rotatable bonds is 7. The van der Waals surface area contributed by atoms with Gasteiger partial charge in [-0.15, -0.1) is 0 Å². The van der Waals surface area contributed by atoms with E-state index in [0.717, 1.165) is 37.0 Å². The molecule has 2 atom stereocenters. The molecule has 0 saturated carbocycles. The number of nitrogens with one attached hydrogen (secondary N) is 1. The number of ether oxygens (including phenoxy) is 2. The van der Waals surface area contributed by atoms with E-state index < -0.39 is 12.0 Å².